The van der Waals surface area contributed by atoms with Crippen molar-refractivity contribution in [3.05, 3.63) is 53.9 Å². The number of aromatic amines is 1. The summed E-state index contributed by atoms with van der Waals surface area (Å²) in [5, 5.41) is 17.0. The molecule has 0 saturated heterocycles. The molecule has 134 valence electrons. The first-order valence-corrected chi connectivity index (χ1v) is 8.54. The van der Waals surface area contributed by atoms with Crippen LogP contribution in [0.25, 0.3) is 10.9 Å². The monoisotopic (exact) mass is 352 g/mol. The third-order valence-corrected chi connectivity index (χ3v) is 4.48. The van der Waals surface area contributed by atoms with Crippen LogP contribution in [0.5, 0.6) is 5.88 Å². The average molecular weight is 352 g/mol. The Morgan fingerprint density at radius 2 is 2.23 bits per heavy atom. The minimum absolute atomic E-state index is 0.00515. The van der Waals surface area contributed by atoms with Crippen LogP contribution in [0.3, 0.4) is 0 Å². The molecule has 1 aliphatic rings. The van der Waals surface area contributed by atoms with E-state index in [0.29, 0.717) is 24.5 Å². The zero-order valence-electron chi connectivity index (χ0n) is 14.2. The Hall–Kier alpha value is -2.90. The number of hydrogen-bond acceptors (Lipinski definition) is 5. The fraction of sp³-hybridized carbons (Fsp3) is 0.263. The summed E-state index contributed by atoms with van der Waals surface area (Å²) in [7, 11) is 0. The lowest BCUT2D eigenvalue weighted by Gasteiger charge is -2.19. The Kier molecular flexibility index (Phi) is 4.55. The van der Waals surface area contributed by atoms with Gasteiger partial charge in [0.15, 0.2) is 6.61 Å². The molecule has 4 N–H and O–H groups in total. The van der Waals surface area contributed by atoms with Crippen LogP contribution in [0.1, 0.15) is 11.1 Å². The number of H-pyrrole nitrogens is 1. The number of nitrogens with zero attached hydrogens (tertiary/aromatic N) is 1. The van der Waals surface area contributed by atoms with Crippen LogP contribution in [0, 0.1) is 0 Å². The predicted octanol–water partition coefficient (Wildman–Crippen LogP) is 1.59. The normalized spacial score (nSPS) is 14.6. The Morgan fingerprint density at radius 1 is 1.35 bits per heavy atom. The molecule has 26 heavy (non-hydrogen) atoms. The van der Waals surface area contributed by atoms with Crippen molar-refractivity contribution in [2.45, 2.75) is 19.0 Å². The highest BCUT2D eigenvalue weighted by atomic mass is 16.5. The van der Waals surface area contributed by atoms with E-state index in [2.05, 4.69) is 26.7 Å². The Balaban J connectivity index is 1.43. The molecular weight excluding hydrogens is 332 g/mol. The number of benzene rings is 1. The van der Waals surface area contributed by atoms with Crippen molar-refractivity contribution in [3.8, 4) is 5.88 Å². The third kappa shape index (κ3) is 3.40. The van der Waals surface area contributed by atoms with Gasteiger partial charge in [-0.25, -0.2) is 4.98 Å². The van der Waals surface area contributed by atoms with Crippen LogP contribution in [0.15, 0.2) is 42.7 Å². The lowest BCUT2D eigenvalue weighted by Crippen LogP contribution is -2.34. The molecule has 1 aliphatic heterocycles. The number of aromatic nitrogens is 2. The Bertz CT molecular complexity index is 937. The number of hydrogen-bond donors (Lipinski definition) is 4. The summed E-state index contributed by atoms with van der Waals surface area (Å²) in [5.41, 5.74) is 3.75. The smallest absolute Gasteiger partial charge is 0.262 e. The van der Waals surface area contributed by atoms with Gasteiger partial charge in [-0.15, -0.1) is 0 Å². The average Bonchev–Trinajstić information content (AvgIpc) is 3.07. The number of carbonyl (C=O) groups excluding carboxylic acids is 1. The van der Waals surface area contributed by atoms with Gasteiger partial charge in [-0.1, -0.05) is 18.2 Å². The van der Waals surface area contributed by atoms with Gasteiger partial charge in [0.1, 0.15) is 5.69 Å². The van der Waals surface area contributed by atoms with Crippen LogP contribution in [-0.2, 0) is 17.8 Å². The fourth-order valence-electron chi connectivity index (χ4n) is 3.15. The van der Waals surface area contributed by atoms with Crippen LogP contribution in [0.2, 0.25) is 0 Å². The number of aliphatic hydroxyl groups excluding tert-OH is 1. The fourth-order valence-corrected chi connectivity index (χ4v) is 3.15. The van der Waals surface area contributed by atoms with Gasteiger partial charge in [0.05, 0.1) is 6.61 Å². The van der Waals surface area contributed by atoms with E-state index >= 15 is 0 Å². The number of aliphatic hydroxyl groups is 1. The first kappa shape index (κ1) is 16.6. The standard InChI is InChI=1S/C19H20N4O3/c24-10-14(6-13-9-21-16-4-2-1-3-15(13)16)20-7-12-5-17-19(22-8-12)26-11-18(25)23-17/h1-5,8-9,14,20-21,24H,6-7,10-11H2,(H,23,25). The first-order valence-electron chi connectivity index (χ1n) is 8.54. The third-order valence-electron chi connectivity index (χ3n) is 4.48. The molecule has 3 aromatic rings. The maximum Gasteiger partial charge on any atom is 0.262 e. The number of fused-ring (bicyclic) bond motifs is 2. The van der Waals surface area contributed by atoms with Gasteiger partial charge in [0.25, 0.3) is 5.91 Å². The van der Waals surface area contributed by atoms with E-state index in [0.717, 1.165) is 16.6 Å². The zero-order valence-corrected chi connectivity index (χ0v) is 14.2. The molecule has 1 unspecified atom stereocenters. The van der Waals surface area contributed by atoms with E-state index in [4.69, 9.17) is 4.74 Å². The minimum atomic E-state index is -0.183. The number of anilines is 1. The summed E-state index contributed by atoms with van der Waals surface area (Å²) in [6, 6.07) is 9.87. The van der Waals surface area contributed by atoms with Gasteiger partial charge in [0.2, 0.25) is 5.88 Å². The first-order chi connectivity index (χ1) is 12.7. The van der Waals surface area contributed by atoms with Gasteiger partial charge < -0.3 is 25.5 Å². The topological polar surface area (TPSA) is 99.3 Å². The summed E-state index contributed by atoms with van der Waals surface area (Å²) < 4.78 is 5.26. The van der Waals surface area contributed by atoms with Gasteiger partial charge in [0, 0.05) is 35.9 Å². The predicted molar refractivity (Wildman–Crippen MR) is 98.1 cm³/mol. The summed E-state index contributed by atoms with van der Waals surface area (Å²) in [6.45, 7) is 0.552. The molecule has 2 aromatic heterocycles. The van der Waals surface area contributed by atoms with Gasteiger partial charge in [-0.3, -0.25) is 4.79 Å². The van der Waals surface area contributed by atoms with Gasteiger partial charge >= 0.3 is 0 Å². The Labute approximate surface area is 150 Å². The number of para-hydroxylation sites is 1. The quantitative estimate of drug-likeness (QED) is 0.540. The van der Waals surface area contributed by atoms with Crippen molar-refractivity contribution >= 4 is 22.5 Å². The van der Waals surface area contributed by atoms with Crippen molar-refractivity contribution in [2.75, 3.05) is 18.5 Å². The molecule has 4 rings (SSSR count). The molecule has 0 saturated carbocycles. The molecule has 1 aromatic carbocycles. The number of nitrogens with one attached hydrogen (secondary N) is 3. The summed E-state index contributed by atoms with van der Waals surface area (Å²) in [6.07, 6.45) is 4.41. The van der Waals surface area contributed by atoms with E-state index in [-0.39, 0.29) is 25.2 Å². The number of ether oxygens (including phenoxy) is 1. The number of amides is 1. The second-order valence-electron chi connectivity index (χ2n) is 6.36. The highest BCUT2D eigenvalue weighted by Gasteiger charge is 2.18. The van der Waals surface area contributed by atoms with Crippen molar-refractivity contribution in [1.82, 2.24) is 15.3 Å². The number of pyridine rings is 1. The largest absolute Gasteiger partial charge is 0.466 e. The summed E-state index contributed by atoms with van der Waals surface area (Å²) >= 11 is 0. The summed E-state index contributed by atoms with van der Waals surface area (Å²) in [5.74, 6) is 0.253. The molecule has 0 spiro atoms. The number of carbonyl (C=O) groups is 1. The van der Waals surface area contributed by atoms with Crippen LogP contribution in [0.4, 0.5) is 5.69 Å². The molecule has 3 heterocycles. The minimum Gasteiger partial charge on any atom is -0.466 e. The molecule has 1 amide bonds. The highest BCUT2D eigenvalue weighted by molar-refractivity contribution is 5.94. The van der Waals surface area contributed by atoms with Crippen molar-refractivity contribution in [1.29, 1.82) is 0 Å². The second-order valence-corrected chi connectivity index (χ2v) is 6.36. The second kappa shape index (κ2) is 7.15. The van der Waals surface area contributed by atoms with E-state index in [1.165, 1.54) is 5.39 Å². The summed E-state index contributed by atoms with van der Waals surface area (Å²) in [4.78, 5) is 18.9. The van der Waals surface area contributed by atoms with Crippen LogP contribution < -0.4 is 15.4 Å². The van der Waals surface area contributed by atoms with Crippen LogP contribution >= 0.6 is 0 Å². The lowest BCUT2D eigenvalue weighted by molar-refractivity contribution is -0.118. The van der Waals surface area contributed by atoms with Crippen molar-refractivity contribution in [3.63, 3.8) is 0 Å². The van der Waals surface area contributed by atoms with Gasteiger partial charge in [-0.05, 0) is 29.7 Å². The molecule has 7 heteroatoms. The molecule has 0 fully saturated rings. The molecule has 7 nitrogen and oxygen atoms in total. The SMILES string of the molecule is O=C1COc2ncc(CNC(CO)Cc3c[nH]c4ccccc34)cc2N1. The van der Waals surface area contributed by atoms with Gasteiger partial charge in [-0.2, -0.15) is 0 Å². The van der Waals surface area contributed by atoms with E-state index in [9.17, 15) is 9.90 Å². The van der Waals surface area contributed by atoms with Crippen molar-refractivity contribution in [2.24, 2.45) is 0 Å². The van der Waals surface area contributed by atoms with Crippen LogP contribution in [-0.4, -0.2) is 40.2 Å². The maximum absolute atomic E-state index is 11.4. The van der Waals surface area contributed by atoms with E-state index in [1.807, 2.05) is 30.5 Å². The lowest BCUT2D eigenvalue weighted by atomic mass is 10.1. The zero-order chi connectivity index (χ0) is 17.9. The number of rotatable bonds is 6. The molecule has 0 bridgehead atoms. The highest BCUT2D eigenvalue weighted by Crippen LogP contribution is 2.25. The van der Waals surface area contributed by atoms with E-state index < -0.39 is 0 Å². The van der Waals surface area contributed by atoms with E-state index in [1.54, 1.807) is 6.20 Å². The maximum atomic E-state index is 11.4. The molecule has 1 atom stereocenters. The van der Waals surface area contributed by atoms with Crippen molar-refractivity contribution < 1.29 is 14.6 Å². The molecule has 0 radical (unpaired) electrons. The Morgan fingerprint density at radius 3 is 3.12 bits per heavy atom. The molecule has 0 aliphatic carbocycles. The molecular formula is C19H20N4O3.